The maximum atomic E-state index is 12.5. The zero-order valence-corrected chi connectivity index (χ0v) is 6.52. The molecule has 0 aromatic heterocycles. The van der Waals surface area contributed by atoms with E-state index in [1.54, 1.807) is 0 Å². The summed E-state index contributed by atoms with van der Waals surface area (Å²) in [6.07, 6.45) is 4.27. The van der Waals surface area contributed by atoms with Gasteiger partial charge in [-0.2, -0.15) is 0 Å². The first-order valence-electron chi connectivity index (χ1n) is 3.52. The number of rotatable bonds is 3. The Labute approximate surface area is 61.4 Å². The van der Waals surface area contributed by atoms with Gasteiger partial charge in [-0.1, -0.05) is 13.8 Å². The van der Waals surface area contributed by atoms with Crippen LogP contribution in [-0.2, 0) is 0 Å². The van der Waals surface area contributed by atoms with Gasteiger partial charge < -0.3 is 5.73 Å². The molecule has 0 unspecified atom stereocenters. The first kappa shape index (κ1) is 9.21. The Bertz CT molecular complexity index is 147. The van der Waals surface area contributed by atoms with Crippen molar-refractivity contribution in [1.29, 1.82) is 0 Å². The van der Waals surface area contributed by atoms with Gasteiger partial charge in [-0.3, -0.25) is 0 Å². The first-order valence-corrected chi connectivity index (χ1v) is 3.52. The standard InChI is InChI=1S/C8H14FN/c1-3-5-7(9)6-8(10)4-2/h5-6H,3-4,10H2,1-2H3/b7-5+,8-6+. The van der Waals surface area contributed by atoms with Gasteiger partial charge in [0.25, 0.3) is 0 Å². The summed E-state index contributed by atoms with van der Waals surface area (Å²) < 4.78 is 12.5. The molecule has 10 heavy (non-hydrogen) atoms. The van der Waals surface area contributed by atoms with Crippen LogP contribution in [0.2, 0.25) is 0 Å². The molecule has 0 saturated heterocycles. The van der Waals surface area contributed by atoms with E-state index in [1.807, 2.05) is 13.8 Å². The molecular formula is C8H14FN. The smallest absolute Gasteiger partial charge is 0.120 e. The number of nitrogens with two attached hydrogens (primary N) is 1. The molecule has 0 aromatic carbocycles. The minimum absolute atomic E-state index is 0.234. The molecule has 1 nitrogen and oxygen atoms in total. The van der Waals surface area contributed by atoms with Gasteiger partial charge in [0.1, 0.15) is 5.83 Å². The average Bonchev–Trinajstić information content (AvgIpc) is 1.88. The van der Waals surface area contributed by atoms with Gasteiger partial charge in [0, 0.05) is 5.70 Å². The fourth-order valence-electron chi connectivity index (χ4n) is 0.533. The fraction of sp³-hybridized carbons (Fsp3) is 0.500. The van der Waals surface area contributed by atoms with E-state index < -0.39 is 0 Å². The van der Waals surface area contributed by atoms with E-state index in [4.69, 9.17) is 5.73 Å². The molecule has 0 aromatic rings. The van der Waals surface area contributed by atoms with Crippen LogP contribution in [-0.4, -0.2) is 0 Å². The fourth-order valence-corrected chi connectivity index (χ4v) is 0.533. The van der Waals surface area contributed by atoms with Gasteiger partial charge in [-0.15, -0.1) is 0 Å². The monoisotopic (exact) mass is 143 g/mol. The maximum absolute atomic E-state index is 12.5. The third-order valence-electron chi connectivity index (χ3n) is 1.13. The molecular weight excluding hydrogens is 129 g/mol. The molecule has 0 bridgehead atoms. The molecule has 2 N–H and O–H groups in total. The van der Waals surface area contributed by atoms with E-state index in [0.29, 0.717) is 18.5 Å². The molecule has 0 amide bonds. The van der Waals surface area contributed by atoms with Crippen molar-refractivity contribution in [3.8, 4) is 0 Å². The second-order valence-electron chi connectivity index (χ2n) is 2.07. The number of halogens is 1. The first-order chi connectivity index (χ1) is 4.70. The van der Waals surface area contributed by atoms with Crippen LogP contribution in [0.1, 0.15) is 26.7 Å². The van der Waals surface area contributed by atoms with Crippen molar-refractivity contribution < 1.29 is 4.39 Å². The lowest BCUT2D eigenvalue weighted by atomic mass is 10.3. The topological polar surface area (TPSA) is 26.0 Å². The molecule has 0 saturated carbocycles. The van der Waals surface area contributed by atoms with Crippen molar-refractivity contribution in [2.75, 3.05) is 0 Å². The Kier molecular flexibility index (Phi) is 4.63. The predicted octanol–water partition coefficient (Wildman–Crippen LogP) is 2.50. The summed E-state index contributed by atoms with van der Waals surface area (Å²) >= 11 is 0. The van der Waals surface area contributed by atoms with Gasteiger partial charge in [0.05, 0.1) is 0 Å². The molecule has 0 aliphatic rings. The minimum Gasteiger partial charge on any atom is -0.402 e. The van der Waals surface area contributed by atoms with Crippen LogP contribution in [0.15, 0.2) is 23.7 Å². The van der Waals surface area contributed by atoms with E-state index >= 15 is 0 Å². The summed E-state index contributed by atoms with van der Waals surface area (Å²) in [5, 5.41) is 0. The van der Waals surface area contributed by atoms with Crippen LogP contribution >= 0.6 is 0 Å². The van der Waals surface area contributed by atoms with Gasteiger partial charge in [-0.25, -0.2) is 4.39 Å². The quantitative estimate of drug-likeness (QED) is 0.603. The molecule has 0 spiro atoms. The summed E-state index contributed by atoms with van der Waals surface area (Å²) in [7, 11) is 0. The van der Waals surface area contributed by atoms with Gasteiger partial charge in [0.15, 0.2) is 0 Å². The van der Waals surface area contributed by atoms with E-state index in [1.165, 1.54) is 12.2 Å². The summed E-state index contributed by atoms with van der Waals surface area (Å²) in [5.74, 6) is -0.234. The second kappa shape index (κ2) is 5.03. The SMILES string of the molecule is CC/C=C(F)\C=C(\N)CC. The lowest BCUT2D eigenvalue weighted by molar-refractivity contribution is 0.658. The molecule has 0 aliphatic carbocycles. The van der Waals surface area contributed by atoms with Crippen LogP contribution in [0.3, 0.4) is 0 Å². The Hall–Kier alpha value is -0.790. The minimum atomic E-state index is -0.234. The highest BCUT2D eigenvalue weighted by Gasteiger charge is 1.88. The zero-order chi connectivity index (χ0) is 7.98. The predicted molar refractivity (Wildman–Crippen MR) is 42.0 cm³/mol. The molecule has 0 radical (unpaired) electrons. The molecule has 0 atom stereocenters. The summed E-state index contributed by atoms with van der Waals surface area (Å²) in [6, 6.07) is 0. The number of allylic oxidation sites excluding steroid dienone is 4. The number of hydrogen-bond donors (Lipinski definition) is 1. The molecule has 0 rings (SSSR count). The van der Waals surface area contributed by atoms with Crippen LogP contribution in [0.4, 0.5) is 4.39 Å². The highest BCUT2D eigenvalue weighted by molar-refractivity contribution is 5.15. The lowest BCUT2D eigenvalue weighted by Crippen LogP contribution is -1.93. The van der Waals surface area contributed by atoms with Crippen LogP contribution in [0, 0.1) is 0 Å². The van der Waals surface area contributed by atoms with E-state index in [9.17, 15) is 4.39 Å². The Morgan fingerprint density at radius 3 is 2.50 bits per heavy atom. The van der Waals surface area contributed by atoms with Gasteiger partial charge >= 0.3 is 0 Å². The van der Waals surface area contributed by atoms with Crippen LogP contribution < -0.4 is 5.73 Å². The van der Waals surface area contributed by atoms with Crippen LogP contribution in [0.25, 0.3) is 0 Å². The molecule has 0 fully saturated rings. The third kappa shape index (κ3) is 4.13. The Morgan fingerprint density at radius 1 is 1.50 bits per heavy atom. The van der Waals surface area contributed by atoms with E-state index in [2.05, 4.69) is 0 Å². The van der Waals surface area contributed by atoms with Crippen molar-refractivity contribution in [2.24, 2.45) is 5.73 Å². The van der Waals surface area contributed by atoms with Gasteiger partial charge in [-0.05, 0) is 25.0 Å². The van der Waals surface area contributed by atoms with Crippen molar-refractivity contribution in [3.63, 3.8) is 0 Å². The third-order valence-corrected chi connectivity index (χ3v) is 1.13. The lowest BCUT2D eigenvalue weighted by Gasteiger charge is -1.92. The Morgan fingerprint density at radius 2 is 2.10 bits per heavy atom. The second-order valence-corrected chi connectivity index (χ2v) is 2.07. The number of hydrogen-bond acceptors (Lipinski definition) is 1. The van der Waals surface area contributed by atoms with E-state index in [-0.39, 0.29) is 5.83 Å². The zero-order valence-electron chi connectivity index (χ0n) is 6.52. The largest absolute Gasteiger partial charge is 0.402 e. The highest BCUT2D eigenvalue weighted by Crippen LogP contribution is 2.03. The van der Waals surface area contributed by atoms with Crippen molar-refractivity contribution in [1.82, 2.24) is 0 Å². The normalized spacial score (nSPS) is 13.9. The maximum Gasteiger partial charge on any atom is 0.120 e. The summed E-state index contributed by atoms with van der Waals surface area (Å²) in [5.41, 5.74) is 5.97. The van der Waals surface area contributed by atoms with Crippen molar-refractivity contribution in [3.05, 3.63) is 23.7 Å². The van der Waals surface area contributed by atoms with Crippen LogP contribution in [0.5, 0.6) is 0 Å². The summed E-state index contributed by atoms with van der Waals surface area (Å²) in [4.78, 5) is 0. The highest BCUT2D eigenvalue weighted by atomic mass is 19.1. The van der Waals surface area contributed by atoms with Crippen molar-refractivity contribution >= 4 is 0 Å². The molecule has 2 heteroatoms. The Balaban J connectivity index is 3.98. The van der Waals surface area contributed by atoms with E-state index in [0.717, 1.165) is 0 Å². The molecule has 0 heterocycles. The van der Waals surface area contributed by atoms with Crippen molar-refractivity contribution in [2.45, 2.75) is 26.7 Å². The van der Waals surface area contributed by atoms with Gasteiger partial charge in [0.2, 0.25) is 0 Å². The molecule has 0 aliphatic heterocycles. The summed E-state index contributed by atoms with van der Waals surface area (Å²) in [6.45, 7) is 3.78. The molecule has 58 valence electrons. The average molecular weight is 143 g/mol.